The zero-order valence-corrected chi connectivity index (χ0v) is 20.9. The van der Waals surface area contributed by atoms with E-state index < -0.39 is 5.54 Å². The first-order valence-corrected chi connectivity index (χ1v) is 12.2. The van der Waals surface area contributed by atoms with Crippen molar-refractivity contribution < 1.29 is 9.59 Å². The third-order valence-electron chi connectivity index (χ3n) is 6.27. The lowest BCUT2D eigenvalue weighted by Crippen LogP contribution is -2.43. The van der Waals surface area contributed by atoms with Gasteiger partial charge in [0.25, 0.3) is 5.91 Å². The molecule has 34 heavy (non-hydrogen) atoms. The van der Waals surface area contributed by atoms with Crippen LogP contribution in [0, 0.1) is 5.92 Å². The van der Waals surface area contributed by atoms with Crippen molar-refractivity contribution >= 4 is 17.8 Å². The first-order valence-electron chi connectivity index (χ1n) is 12.2. The average molecular weight is 463 g/mol. The van der Waals surface area contributed by atoms with Crippen molar-refractivity contribution in [3.63, 3.8) is 0 Å². The number of nitrogens with one attached hydrogen (secondary N) is 1. The van der Waals surface area contributed by atoms with E-state index >= 15 is 0 Å². The maximum atomic E-state index is 12.9. The summed E-state index contributed by atoms with van der Waals surface area (Å²) in [6, 6.07) is 18.5. The number of benzene rings is 2. The minimum atomic E-state index is -0.774. The SMILES string of the molecule is CC(C)CC1(C)N=C(N)N(Cc2ccc(CCC(=O)NC(C)CCc3ccccc3)cc2)C1=O. The van der Waals surface area contributed by atoms with Gasteiger partial charge in [-0.05, 0) is 62.1 Å². The van der Waals surface area contributed by atoms with Crippen LogP contribution < -0.4 is 11.1 Å². The molecule has 0 aliphatic carbocycles. The van der Waals surface area contributed by atoms with E-state index in [1.807, 2.05) is 49.4 Å². The van der Waals surface area contributed by atoms with Crippen molar-refractivity contribution in [2.75, 3.05) is 0 Å². The molecule has 2 unspecified atom stereocenters. The van der Waals surface area contributed by atoms with Crippen molar-refractivity contribution in [2.24, 2.45) is 16.6 Å². The first-order chi connectivity index (χ1) is 16.2. The lowest BCUT2D eigenvalue weighted by Gasteiger charge is -2.23. The second-order valence-corrected chi connectivity index (χ2v) is 10.0. The van der Waals surface area contributed by atoms with Crippen LogP contribution in [0.4, 0.5) is 0 Å². The van der Waals surface area contributed by atoms with E-state index in [2.05, 4.69) is 43.2 Å². The number of carbonyl (C=O) groups is 2. The van der Waals surface area contributed by atoms with E-state index in [9.17, 15) is 9.59 Å². The zero-order chi connectivity index (χ0) is 24.7. The van der Waals surface area contributed by atoms with Gasteiger partial charge in [-0.25, -0.2) is 4.99 Å². The molecule has 6 nitrogen and oxygen atoms in total. The fraction of sp³-hybridized carbons (Fsp3) is 0.464. The molecular formula is C28H38N4O2. The Morgan fingerprint density at radius 1 is 1.00 bits per heavy atom. The summed E-state index contributed by atoms with van der Waals surface area (Å²) in [6.45, 7) is 8.48. The summed E-state index contributed by atoms with van der Waals surface area (Å²) in [5, 5.41) is 3.10. The lowest BCUT2D eigenvalue weighted by atomic mass is 9.91. The Labute approximate surface area is 203 Å². The molecule has 0 fully saturated rings. The summed E-state index contributed by atoms with van der Waals surface area (Å²) in [6.07, 6.45) is 3.68. The van der Waals surface area contributed by atoms with Gasteiger partial charge in [0.2, 0.25) is 5.91 Å². The van der Waals surface area contributed by atoms with E-state index in [0.717, 1.165) is 24.0 Å². The van der Waals surface area contributed by atoms with Crippen LogP contribution in [-0.2, 0) is 29.0 Å². The number of amides is 2. The monoisotopic (exact) mass is 462 g/mol. The fourth-order valence-corrected chi connectivity index (χ4v) is 4.54. The third kappa shape index (κ3) is 6.92. The van der Waals surface area contributed by atoms with Crippen molar-refractivity contribution in [3.8, 4) is 0 Å². The number of nitrogens with zero attached hydrogens (tertiary/aromatic N) is 2. The number of hydrogen-bond donors (Lipinski definition) is 2. The average Bonchev–Trinajstić information content (AvgIpc) is 3.00. The molecule has 2 aromatic carbocycles. The van der Waals surface area contributed by atoms with E-state index in [0.29, 0.717) is 31.7 Å². The van der Waals surface area contributed by atoms with Crippen LogP contribution in [0.25, 0.3) is 0 Å². The van der Waals surface area contributed by atoms with E-state index in [-0.39, 0.29) is 23.8 Å². The molecule has 1 heterocycles. The van der Waals surface area contributed by atoms with Gasteiger partial charge >= 0.3 is 0 Å². The molecule has 3 rings (SSSR count). The molecule has 0 aromatic heterocycles. The Hall–Kier alpha value is -3.15. The summed E-state index contributed by atoms with van der Waals surface area (Å²) in [5.74, 6) is 0.672. The largest absolute Gasteiger partial charge is 0.369 e. The van der Waals surface area contributed by atoms with Crippen LogP contribution in [0.2, 0.25) is 0 Å². The number of aryl methyl sites for hydroxylation is 2. The summed E-state index contributed by atoms with van der Waals surface area (Å²) in [5.41, 5.74) is 8.68. The van der Waals surface area contributed by atoms with Gasteiger partial charge in [0.05, 0.1) is 6.54 Å². The molecule has 2 atom stereocenters. The van der Waals surface area contributed by atoms with Gasteiger partial charge in [-0.2, -0.15) is 0 Å². The van der Waals surface area contributed by atoms with Gasteiger partial charge in [-0.15, -0.1) is 0 Å². The van der Waals surface area contributed by atoms with E-state index in [1.165, 1.54) is 5.56 Å². The summed E-state index contributed by atoms with van der Waals surface area (Å²) >= 11 is 0. The molecule has 0 spiro atoms. The van der Waals surface area contributed by atoms with Gasteiger partial charge in [0.15, 0.2) is 5.96 Å². The van der Waals surface area contributed by atoms with Gasteiger partial charge in [0.1, 0.15) is 5.54 Å². The topological polar surface area (TPSA) is 87.8 Å². The Kier molecular flexibility index (Phi) is 8.48. The Balaban J connectivity index is 1.44. The zero-order valence-electron chi connectivity index (χ0n) is 20.9. The van der Waals surface area contributed by atoms with Crippen LogP contribution in [0.5, 0.6) is 0 Å². The van der Waals surface area contributed by atoms with Crippen molar-refractivity contribution in [1.29, 1.82) is 0 Å². The molecule has 1 aliphatic rings. The number of nitrogens with two attached hydrogens (primary N) is 1. The van der Waals surface area contributed by atoms with Crippen LogP contribution in [0.3, 0.4) is 0 Å². The Morgan fingerprint density at radius 3 is 2.26 bits per heavy atom. The van der Waals surface area contributed by atoms with Gasteiger partial charge in [0, 0.05) is 12.5 Å². The standard InChI is InChI=1S/C28H38N4O2/c1-20(2)18-28(4)26(34)32(27(29)31-28)19-24-14-12-23(13-15-24)16-17-25(33)30-21(3)10-11-22-8-6-5-7-9-22/h5-9,12-15,20-21H,10-11,16-19H2,1-4H3,(H2,29,31)(H,30,33). The number of guanidine groups is 1. The smallest absolute Gasteiger partial charge is 0.257 e. The molecule has 0 saturated carbocycles. The normalized spacial score (nSPS) is 18.8. The number of rotatable bonds is 11. The predicted octanol–water partition coefficient (Wildman–Crippen LogP) is 4.22. The molecular weight excluding hydrogens is 424 g/mol. The van der Waals surface area contributed by atoms with E-state index in [1.54, 1.807) is 4.90 Å². The van der Waals surface area contributed by atoms with E-state index in [4.69, 9.17) is 5.73 Å². The van der Waals surface area contributed by atoms with Gasteiger partial charge in [-0.3, -0.25) is 14.5 Å². The number of carbonyl (C=O) groups excluding carboxylic acids is 2. The minimum Gasteiger partial charge on any atom is -0.369 e. The molecule has 3 N–H and O–H groups in total. The van der Waals surface area contributed by atoms with Crippen molar-refractivity contribution in [1.82, 2.24) is 10.2 Å². The quantitative estimate of drug-likeness (QED) is 0.524. The highest BCUT2D eigenvalue weighted by Gasteiger charge is 2.43. The molecule has 2 aromatic rings. The fourth-order valence-electron chi connectivity index (χ4n) is 4.54. The highest BCUT2D eigenvalue weighted by atomic mass is 16.2. The van der Waals surface area contributed by atoms with Crippen LogP contribution in [0.1, 0.15) is 63.6 Å². The van der Waals surface area contributed by atoms with Crippen LogP contribution in [0.15, 0.2) is 59.6 Å². The van der Waals surface area contributed by atoms with Crippen molar-refractivity contribution in [3.05, 3.63) is 71.3 Å². The summed E-state index contributed by atoms with van der Waals surface area (Å²) in [7, 11) is 0. The third-order valence-corrected chi connectivity index (χ3v) is 6.27. The van der Waals surface area contributed by atoms with Crippen LogP contribution >= 0.6 is 0 Å². The highest BCUT2D eigenvalue weighted by molar-refractivity contribution is 6.06. The first kappa shape index (κ1) is 25.5. The number of aliphatic imine (C=N–C) groups is 1. The lowest BCUT2D eigenvalue weighted by molar-refractivity contribution is -0.131. The second-order valence-electron chi connectivity index (χ2n) is 10.0. The molecule has 0 bridgehead atoms. The second kappa shape index (κ2) is 11.3. The maximum absolute atomic E-state index is 12.9. The molecule has 0 radical (unpaired) electrons. The van der Waals surface area contributed by atoms with Gasteiger partial charge in [-0.1, -0.05) is 68.4 Å². The Morgan fingerprint density at radius 2 is 1.62 bits per heavy atom. The van der Waals surface area contributed by atoms with Crippen LogP contribution in [-0.4, -0.2) is 34.3 Å². The predicted molar refractivity (Wildman–Crippen MR) is 137 cm³/mol. The Bertz CT molecular complexity index is 1000. The van der Waals surface area contributed by atoms with Crippen molar-refractivity contribution in [2.45, 2.75) is 77.9 Å². The maximum Gasteiger partial charge on any atom is 0.257 e. The molecule has 1 aliphatic heterocycles. The summed E-state index contributed by atoms with van der Waals surface area (Å²) < 4.78 is 0. The molecule has 6 heteroatoms. The molecule has 0 saturated heterocycles. The van der Waals surface area contributed by atoms with Gasteiger partial charge < -0.3 is 11.1 Å². The number of hydrogen-bond acceptors (Lipinski definition) is 4. The molecule has 182 valence electrons. The summed E-state index contributed by atoms with van der Waals surface area (Å²) in [4.78, 5) is 31.3. The minimum absolute atomic E-state index is 0.0409. The highest BCUT2D eigenvalue weighted by Crippen LogP contribution is 2.29. The molecule has 2 amide bonds.